The van der Waals surface area contributed by atoms with Gasteiger partial charge in [0.2, 0.25) is 5.91 Å². The number of hydrogen-bond donors (Lipinski definition) is 1. The van der Waals surface area contributed by atoms with E-state index in [9.17, 15) is 9.59 Å². The second-order valence-corrected chi connectivity index (χ2v) is 4.41. The van der Waals surface area contributed by atoms with E-state index in [2.05, 4.69) is 5.32 Å². The van der Waals surface area contributed by atoms with E-state index in [0.29, 0.717) is 23.0 Å². The van der Waals surface area contributed by atoms with Gasteiger partial charge in [0.1, 0.15) is 0 Å². The molecule has 0 aliphatic carbocycles. The van der Waals surface area contributed by atoms with Crippen molar-refractivity contribution in [2.45, 2.75) is 20.8 Å². The van der Waals surface area contributed by atoms with Crippen molar-refractivity contribution in [2.24, 2.45) is 0 Å². The van der Waals surface area contributed by atoms with Gasteiger partial charge in [0.15, 0.2) is 0 Å². The third-order valence-electron chi connectivity index (χ3n) is 2.17. The van der Waals surface area contributed by atoms with Crippen LogP contribution in [0.2, 0.25) is 0 Å². The Kier molecular flexibility index (Phi) is 4.49. The van der Waals surface area contributed by atoms with E-state index in [4.69, 9.17) is 0 Å². The Morgan fingerprint density at radius 1 is 1.31 bits per heavy atom. The van der Waals surface area contributed by atoms with Crippen LogP contribution in [0.15, 0.2) is 12.1 Å². The van der Waals surface area contributed by atoms with Crippen molar-refractivity contribution in [1.82, 2.24) is 4.90 Å². The highest BCUT2D eigenvalue weighted by atomic mass is 32.1. The van der Waals surface area contributed by atoms with Crippen molar-refractivity contribution in [2.75, 3.05) is 18.4 Å². The maximum atomic E-state index is 11.9. The summed E-state index contributed by atoms with van der Waals surface area (Å²) >= 11 is 1.31. The average molecular weight is 240 g/mol. The molecule has 1 heterocycles. The van der Waals surface area contributed by atoms with Crippen LogP contribution in [0.1, 0.15) is 30.4 Å². The largest absolute Gasteiger partial charge is 0.339 e. The molecule has 0 bridgehead atoms. The Labute approximate surface area is 99.3 Å². The van der Waals surface area contributed by atoms with Gasteiger partial charge in [0, 0.05) is 20.0 Å². The Hall–Kier alpha value is -1.36. The first-order chi connectivity index (χ1) is 7.58. The first-order valence-electron chi connectivity index (χ1n) is 5.25. The van der Waals surface area contributed by atoms with Crippen LogP contribution in [0.4, 0.5) is 5.00 Å². The predicted octanol–water partition coefficient (Wildman–Crippen LogP) is 2.19. The Balaban J connectivity index is 2.77. The van der Waals surface area contributed by atoms with Crippen molar-refractivity contribution in [1.29, 1.82) is 0 Å². The molecule has 0 fully saturated rings. The van der Waals surface area contributed by atoms with Gasteiger partial charge < -0.3 is 10.2 Å². The number of amides is 2. The van der Waals surface area contributed by atoms with E-state index >= 15 is 0 Å². The van der Waals surface area contributed by atoms with E-state index in [0.717, 1.165) is 0 Å². The molecule has 1 aromatic rings. The van der Waals surface area contributed by atoms with Gasteiger partial charge in [-0.25, -0.2) is 0 Å². The molecule has 0 spiro atoms. The Bertz CT molecular complexity index is 383. The zero-order valence-electron chi connectivity index (χ0n) is 9.74. The maximum Gasteiger partial charge on any atom is 0.263 e. The van der Waals surface area contributed by atoms with Crippen LogP contribution in [0.3, 0.4) is 0 Å². The van der Waals surface area contributed by atoms with Crippen LogP contribution in [0.5, 0.6) is 0 Å². The van der Waals surface area contributed by atoms with Gasteiger partial charge in [0.25, 0.3) is 5.91 Å². The zero-order chi connectivity index (χ0) is 12.1. The fourth-order valence-electron chi connectivity index (χ4n) is 1.36. The zero-order valence-corrected chi connectivity index (χ0v) is 10.6. The predicted molar refractivity (Wildman–Crippen MR) is 65.9 cm³/mol. The minimum atomic E-state index is -0.122. The van der Waals surface area contributed by atoms with Crippen molar-refractivity contribution in [3.63, 3.8) is 0 Å². The van der Waals surface area contributed by atoms with Crippen LogP contribution in [-0.4, -0.2) is 29.8 Å². The molecule has 88 valence electrons. The highest BCUT2D eigenvalue weighted by Crippen LogP contribution is 2.23. The highest BCUT2D eigenvalue weighted by molar-refractivity contribution is 7.18. The molecule has 5 heteroatoms. The summed E-state index contributed by atoms with van der Waals surface area (Å²) in [6.07, 6.45) is 0. The number of carbonyl (C=O) groups excluding carboxylic acids is 2. The number of anilines is 1. The molecule has 4 nitrogen and oxygen atoms in total. The summed E-state index contributed by atoms with van der Waals surface area (Å²) in [6.45, 7) is 6.74. The van der Waals surface area contributed by atoms with Crippen LogP contribution in [0.25, 0.3) is 0 Å². The van der Waals surface area contributed by atoms with Crippen molar-refractivity contribution >= 4 is 28.2 Å². The fraction of sp³-hybridized carbons (Fsp3) is 0.455. The van der Waals surface area contributed by atoms with Crippen LogP contribution < -0.4 is 5.32 Å². The topological polar surface area (TPSA) is 49.4 Å². The smallest absolute Gasteiger partial charge is 0.263 e. The number of thiophene rings is 1. The lowest BCUT2D eigenvalue weighted by Crippen LogP contribution is -2.29. The fourth-order valence-corrected chi connectivity index (χ4v) is 2.28. The summed E-state index contributed by atoms with van der Waals surface area (Å²) in [5.74, 6) is -0.102. The Morgan fingerprint density at radius 3 is 2.44 bits per heavy atom. The van der Waals surface area contributed by atoms with Crippen LogP contribution in [-0.2, 0) is 4.79 Å². The van der Waals surface area contributed by atoms with E-state index in [1.165, 1.54) is 18.3 Å². The van der Waals surface area contributed by atoms with Gasteiger partial charge in [-0.3, -0.25) is 9.59 Å². The number of hydrogen-bond acceptors (Lipinski definition) is 3. The summed E-state index contributed by atoms with van der Waals surface area (Å²) in [6, 6.07) is 3.50. The average Bonchev–Trinajstić information content (AvgIpc) is 2.67. The van der Waals surface area contributed by atoms with Gasteiger partial charge in [-0.15, -0.1) is 11.3 Å². The lowest BCUT2D eigenvalue weighted by Gasteiger charge is -2.17. The number of nitrogens with one attached hydrogen (secondary N) is 1. The number of carbonyl (C=O) groups is 2. The molecular weight excluding hydrogens is 224 g/mol. The third kappa shape index (κ3) is 3.06. The summed E-state index contributed by atoms with van der Waals surface area (Å²) in [5, 5.41) is 3.37. The second kappa shape index (κ2) is 5.65. The van der Waals surface area contributed by atoms with Gasteiger partial charge in [-0.05, 0) is 26.0 Å². The van der Waals surface area contributed by atoms with Crippen LogP contribution >= 0.6 is 11.3 Å². The lowest BCUT2D eigenvalue weighted by molar-refractivity contribution is -0.114. The third-order valence-corrected chi connectivity index (χ3v) is 3.16. The van der Waals surface area contributed by atoms with Crippen molar-refractivity contribution in [3.8, 4) is 0 Å². The minimum Gasteiger partial charge on any atom is -0.339 e. The van der Waals surface area contributed by atoms with E-state index in [1.54, 1.807) is 17.0 Å². The maximum absolute atomic E-state index is 11.9. The molecule has 0 aromatic carbocycles. The van der Waals surface area contributed by atoms with Gasteiger partial charge in [-0.2, -0.15) is 0 Å². The SMILES string of the molecule is CCN(CC)C(=O)c1ccc(NC(C)=O)s1. The summed E-state index contributed by atoms with van der Waals surface area (Å²) < 4.78 is 0. The Morgan fingerprint density at radius 2 is 1.94 bits per heavy atom. The molecule has 0 unspecified atom stereocenters. The van der Waals surface area contributed by atoms with E-state index in [-0.39, 0.29) is 11.8 Å². The standard InChI is InChI=1S/C11H16N2O2S/c1-4-13(5-2)11(15)9-6-7-10(16-9)12-8(3)14/h6-7H,4-5H2,1-3H3,(H,12,14). The molecule has 1 aromatic heterocycles. The molecule has 2 amide bonds. The highest BCUT2D eigenvalue weighted by Gasteiger charge is 2.14. The molecule has 16 heavy (non-hydrogen) atoms. The normalized spacial score (nSPS) is 9.94. The van der Waals surface area contributed by atoms with E-state index in [1.807, 2.05) is 13.8 Å². The van der Waals surface area contributed by atoms with Gasteiger partial charge in [-0.1, -0.05) is 0 Å². The molecule has 0 atom stereocenters. The summed E-state index contributed by atoms with van der Waals surface area (Å²) in [4.78, 5) is 25.2. The van der Waals surface area contributed by atoms with Gasteiger partial charge in [0.05, 0.1) is 9.88 Å². The number of rotatable bonds is 4. The molecule has 0 aliphatic heterocycles. The molecule has 0 aliphatic rings. The lowest BCUT2D eigenvalue weighted by atomic mass is 10.4. The first kappa shape index (κ1) is 12.7. The van der Waals surface area contributed by atoms with Crippen molar-refractivity contribution < 1.29 is 9.59 Å². The molecule has 0 radical (unpaired) electrons. The molecule has 1 rings (SSSR count). The second-order valence-electron chi connectivity index (χ2n) is 3.32. The minimum absolute atomic E-state index is 0.0200. The van der Waals surface area contributed by atoms with E-state index < -0.39 is 0 Å². The number of nitrogens with zero attached hydrogens (tertiary/aromatic N) is 1. The van der Waals surface area contributed by atoms with Crippen molar-refractivity contribution in [3.05, 3.63) is 17.0 Å². The first-order valence-corrected chi connectivity index (χ1v) is 6.06. The quantitative estimate of drug-likeness (QED) is 0.877. The molecule has 0 saturated carbocycles. The molecule has 0 saturated heterocycles. The van der Waals surface area contributed by atoms with Gasteiger partial charge >= 0.3 is 0 Å². The van der Waals surface area contributed by atoms with Crippen LogP contribution in [0, 0.1) is 0 Å². The summed E-state index contributed by atoms with van der Waals surface area (Å²) in [7, 11) is 0. The molecular formula is C11H16N2O2S. The molecule has 1 N–H and O–H groups in total. The summed E-state index contributed by atoms with van der Waals surface area (Å²) in [5.41, 5.74) is 0. The monoisotopic (exact) mass is 240 g/mol.